The number of ketones is 1. The number of carbonyl (C=O) groups excluding carboxylic acids is 2. The van der Waals surface area contributed by atoms with Crippen LogP contribution in [0.1, 0.15) is 21.7 Å². The number of aryl methyl sites for hydroxylation is 1. The Morgan fingerprint density at radius 1 is 1.10 bits per heavy atom. The van der Waals surface area contributed by atoms with E-state index < -0.39 is 11.7 Å². The van der Waals surface area contributed by atoms with Crippen LogP contribution in [0, 0.1) is 6.92 Å². The fraction of sp³-hybridized carbons (Fsp3) is 0.136. The molecule has 0 radical (unpaired) electrons. The van der Waals surface area contributed by atoms with Gasteiger partial charge in [0.05, 0.1) is 12.1 Å². The summed E-state index contributed by atoms with van der Waals surface area (Å²) in [5.41, 5.74) is 3.12. The zero-order chi connectivity index (χ0) is 20.7. The minimum atomic E-state index is -0.699. The van der Waals surface area contributed by atoms with Crippen molar-refractivity contribution in [2.45, 2.75) is 13.5 Å². The first kappa shape index (κ1) is 18.0. The number of carbonyl (C=O) groups is 2. The maximum atomic E-state index is 12.7. The molecule has 5 rings (SSSR count). The standard InChI is InChI=1S/C22H17N3O5/c1-12-20(15-4-2-3-5-16(15)24-12)21(26)22(27)23-10-14-9-18(30-25-14)13-6-7-17-19(8-13)29-11-28-17/h2-9,24H,10-11H2,1H3,(H,23,27). The molecule has 0 unspecified atom stereocenters. The van der Waals surface area contributed by atoms with E-state index in [0.717, 1.165) is 16.5 Å². The highest BCUT2D eigenvalue weighted by Gasteiger charge is 2.23. The molecule has 2 aromatic carbocycles. The summed E-state index contributed by atoms with van der Waals surface area (Å²) in [6, 6.07) is 14.5. The van der Waals surface area contributed by atoms with E-state index in [1.807, 2.05) is 30.3 Å². The Morgan fingerprint density at radius 3 is 2.83 bits per heavy atom. The maximum Gasteiger partial charge on any atom is 0.292 e. The lowest BCUT2D eigenvalue weighted by Crippen LogP contribution is -2.31. The van der Waals surface area contributed by atoms with Gasteiger partial charge >= 0.3 is 0 Å². The number of hydrogen-bond donors (Lipinski definition) is 2. The topological polar surface area (TPSA) is 106 Å². The van der Waals surface area contributed by atoms with Crippen molar-refractivity contribution in [3.8, 4) is 22.8 Å². The number of nitrogens with zero attached hydrogens (tertiary/aromatic N) is 1. The zero-order valence-corrected chi connectivity index (χ0v) is 16.0. The Balaban J connectivity index is 1.29. The molecule has 0 fully saturated rings. The van der Waals surface area contributed by atoms with E-state index in [1.165, 1.54) is 0 Å². The number of nitrogens with one attached hydrogen (secondary N) is 2. The highest BCUT2D eigenvalue weighted by atomic mass is 16.7. The molecule has 3 heterocycles. The van der Waals surface area contributed by atoms with Crippen LogP contribution in [0.25, 0.3) is 22.2 Å². The lowest BCUT2D eigenvalue weighted by molar-refractivity contribution is -0.117. The van der Waals surface area contributed by atoms with Crippen LogP contribution < -0.4 is 14.8 Å². The van der Waals surface area contributed by atoms with E-state index in [1.54, 1.807) is 25.1 Å². The second-order valence-electron chi connectivity index (χ2n) is 6.93. The summed E-state index contributed by atoms with van der Waals surface area (Å²) in [6.07, 6.45) is 0. The van der Waals surface area contributed by atoms with Crippen LogP contribution in [-0.4, -0.2) is 28.6 Å². The fourth-order valence-corrected chi connectivity index (χ4v) is 3.51. The van der Waals surface area contributed by atoms with Crippen molar-refractivity contribution in [2.75, 3.05) is 6.79 Å². The van der Waals surface area contributed by atoms with Crippen molar-refractivity contribution in [3.05, 3.63) is 65.5 Å². The largest absolute Gasteiger partial charge is 0.454 e. The first-order valence-electron chi connectivity index (χ1n) is 9.35. The average molecular weight is 403 g/mol. The summed E-state index contributed by atoms with van der Waals surface area (Å²) < 4.78 is 16.0. The van der Waals surface area contributed by atoms with Crippen molar-refractivity contribution in [1.82, 2.24) is 15.5 Å². The number of fused-ring (bicyclic) bond motifs is 2. The van der Waals surface area contributed by atoms with E-state index in [0.29, 0.717) is 34.2 Å². The first-order chi connectivity index (χ1) is 14.6. The molecule has 0 saturated carbocycles. The van der Waals surface area contributed by atoms with Gasteiger partial charge in [0, 0.05) is 28.2 Å². The summed E-state index contributed by atoms with van der Waals surface area (Å²) in [6.45, 7) is 2.03. The molecule has 0 bridgehead atoms. The molecular weight excluding hydrogens is 386 g/mol. The number of para-hydroxylation sites is 1. The van der Waals surface area contributed by atoms with Crippen LogP contribution in [0.2, 0.25) is 0 Å². The van der Waals surface area contributed by atoms with Crippen molar-refractivity contribution >= 4 is 22.6 Å². The fourth-order valence-electron chi connectivity index (χ4n) is 3.51. The predicted molar refractivity (Wildman–Crippen MR) is 107 cm³/mol. The number of H-pyrrole nitrogens is 1. The van der Waals surface area contributed by atoms with Crippen molar-refractivity contribution < 1.29 is 23.6 Å². The van der Waals surface area contributed by atoms with Gasteiger partial charge in [0.1, 0.15) is 5.69 Å². The quantitative estimate of drug-likeness (QED) is 0.391. The lowest BCUT2D eigenvalue weighted by atomic mass is 10.1. The summed E-state index contributed by atoms with van der Waals surface area (Å²) >= 11 is 0. The van der Waals surface area contributed by atoms with Gasteiger partial charge in [-0.05, 0) is 31.2 Å². The van der Waals surface area contributed by atoms with Gasteiger partial charge in [-0.2, -0.15) is 0 Å². The summed E-state index contributed by atoms with van der Waals surface area (Å²) in [7, 11) is 0. The van der Waals surface area contributed by atoms with Gasteiger partial charge in [-0.25, -0.2) is 0 Å². The minimum Gasteiger partial charge on any atom is -0.454 e. The number of benzene rings is 2. The second-order valence-corrected chi connectivity index (χ2v) is 6.93. The lowest BCUT2D eigenvalue weighted by Gasteiger charge is -2.02. The smallest absolute Gasteiger partial charge is 0.292 e. The maximum absolute atomic E-state index is 12.7. The summed E-state index contributed by atoms with van der Waals surface area (Å²) in [5.74, 6) is 0.548. The number of hydrogen-bond acceptors (Lipinski definition) is 6. The minimum absolute atomic E-state index is 0.0695. The molecule has 0 atom stereocenters. The monoisotopic (exact) mass is 403 g/mol. The van der Waals surface area contributed by atoms with Gasteiger partial charge in [-0.3, -0.25) is 9.59 Å². The Kier molecular flexibility index (Phi) is 4.24. The van der Waals surface area contributed by atoms with Gasteiger partial charge in [-0.1, -0.05) is 23.4 Å². The molecule has 8 heteroatoms. The number of ether oxygens (including phenoxy) is 2. The number of Topliss-reactive ketones (excluding diaryl/α,β-unsaturated/α-hetero) is 1. The third-order valence-electron chi connectivity index (χ3n) is 4.97. The number of amides is 1. The Bertz CT molecular complexity index is 1290. The number of rotatable bonds is 5. The summed E-state index contributed by atoms with van der Waals surface area (Å²) in [4.78, 5) is 28.3. The molecule has 150 valence electrons. The van der Waals surface area contributed by atoms with E-state index in [2.05, 4.69) is 15.5 Å². The van der Waals surface area contributed by atoms with Gasteiger partial charge in [-0.15, -0.1) is 0 Å². The van der Waals surface area contributed by atoms with E-state index in [4.69, 9.17) is 14.0 Å². The Hall–Kier alpha value is -4.07. The van der Waals surface area contributed by atoms with Gasteiger partial charge in [0.2, 0.25) is 6.79 Å². The van der Waals surface area contributed by atoms with E-state index in [9.17, 15) is 9.59 Å². The van der Waals surface area contributed by atoms with Crippen LogP contribution in [-0.2, 0) is 11.3 Å². The third-order valence-corrected chi connectivity index (χ3v) is 4.97. The van der Waals surface area contributed by atoms with Crippen LogP contribution in [0.3, 0.4) is 0 Å². The van der Waals surface area contributed by atoms with Gasteiger partial charge in [0.15, 0.2) is 17.3 Å². The molecule has 0 spiro atoms. The van der Waals surface area contributed by atoms with Crippen molar-refractivity contribution in [2.24, 2.45) is 0 Å². The normalized spacial score (nSPS) is 12.3. The SMILES string of the molecule is Cc1[nH]c2ccccc2c1C(=O)C(=O)NCc1cc(-c2ccc3c(c2)OCO3)on1. The van der Waals surface area contributed by atoms with Crippen molar-refractivity contribution in [1.29, 1.82) is 0 Å². The van der Waals surface area contributed by atoms with Crippen LogP contribution >= 0.6 is 0 Å². The molecule has 1 aliphatic rings. The molecule has 4 aromatic rings. The van der Waals surface area contributed by atoms with Crippen LogP contribution in [0.5, 0.6) is 11.5 Å². The van der Waals surface area contributed by atoms with Crippen LogP contribution in [0.4, 0.5) is 0 Å². The van der Waals surface area contributed by atoms with E-state index >= 15 is 0 Å². The highest BCUT2D eigenvalue weighted by Crippen LogP contribution is 2.36. The average Bonchev–Trinajstić information content (AvgIpc) is 3.48. The Morgan fingerprint density at radius 2 is 1.93 bits per heavy atom. The highest BCUT2D eigenvalue weighted by molar-refractivity contribution is 6.45. The zero-order valence-electron chi connectivity index (χ0n) is 16.0. The molecule has 30 heavy (non-hydrogen) atoms. The molecule has 8 nitrogen and oxygen atoms in total. The molecule has 1 amide bonds. The van der Waals surface area contributed by atoms with Gasteiger partial charge in [0.25, 0.3) is 11.7 Å². The molecule has 2 aromatic heterocycles. The van der Waals surface area contributed by atoms with Gasteiger partial charge < -0.3 is 24.3 Å². The third kappa shape index (κ3) is 3.08. The predicted octanol–water partition coefficient (Wildman–Crippen LogP) is 3.36. The Labute approximate surface area is 170 Å². The number of aromatic nitrogens is 2. The molecular formula is C22H17N3O5. The van der Waals surface area contributed by atoms with Crippen molar-refractivity contribution in [3.63, 3.8) is 0 Å². The van der Waals surface area contributed by atoms with Crippen LogP contribution in [0.15, 0.2) is 53.1 Å². The number of aromatic amines is 1. The molecule has 2 N–H and O–H groups in total. The molecule has 1 aliphatic heterocycles. The molecule has 0 aliphatic carbocycles. The molecule has 0 saturated heterocycles. The second kappa shape index (κ2) is 7.07. The first-order valence-corrected chi connectivity index (χ1v) is 9.35. The van der Waals surface area contributed by atoms with E-state index in [-0.39, 0.29) is 13.3 Å². The summed E-state index contributed by atoms with van der Waals surface area (Å²) in [5, 5.41) is 7.31.